The van der Waals surface area contributed by atoms with Crippen molar-refractivity contribution in [3.05, 3.63) is 0 Å². The van der Waals surface area contributed by atoms with Crippen LogP contribution in [0.25, 0.3) is 0 Å². The molecule has 1 saturated carbocycles. The van der Waals surface area contributed by atoms with Crippen LogP contribution in [0.4, 0.5) is 0 Å². The van der Waals surface area contributed by atoms with Crippen molar-refractivity contribution in [1.82, 2.24) is 10.2 Å². The Labute approximate surface area is 107 Å². The quantitative estimate of drug-likeness (QED) is 0.741. The smallest absolute Gasteiger partial charge is 0.00670 e. The molecule has 2 heteroatoms. The van der Waals surface area contributed by atoms with Crippen molar-refractivity contribution in [3.63, 3.8) is 0 Å². The van der Waals surface area contributed by atoms with E-state index < -0.39 is 0 Å². The van der Waals surface area contributed by atoms with Crippen molar-refractivity contribution in [2.45, 2.75) is 64.8 Å². The first-order valence-corrected chi connectivity index (χ1v) is 7.61. The Morgan fingerprint density at radius 2 is 1.94 bits per heavy atom. The summed E-state index contributed by atoms with van der Waals surface area (Å²) in [4.78, 5) is 2.64. The molecule has 0 aromatic rings. The molecule has 1 saturated heterocycles. The molecule has 2 fully saturated rings. The maximum atomic E-state index is 3.74. The lowest BCUT2D eigenvalue weighted by molar-refractivity contribution is 0.281. The number of rotatable bonds is 5. The van der Waals surface area contributed by atoms with Crippen LogP contribution in [0.15, 0.2) is 0 Å². The highest BCUT2D eigenvalue weighted by Crippen LogP contribution is 2.28. The predicted octanol–water partition coefficient (Wildman–Crippen LogP) is 3.03. The van der Waals surface area contributed by atoms with Gasteiger partial charge in [0.05, 0.1) is 0 Å². The van der Waals surface area contributed by atoms with E-state index in [1.54, 1.807) is 0 Å². The van der Waals surface area contributed by atoms with Crippen LogP contribution in [-0.2, 0) is 0 Å². The number of nitrogens with zero attached hydrogens (tertiary/aromatic N) is 1. The number of nitrogens with one attached hydrogen (secondary N) is 1. The van der Waals surface area contributed by atoms with Gasteiger partial charge in [-0.15, -0.1) is 0 Å². The van der Waals surface area contributed by atoms with E-state index in [1.807, 2.05) is 0 Å². The van der Waals surface area contributed by atoms with Crippen molar-refractivity contribution >= 4 is 0 Å². The van der Waals surface area contributed by atoms with Gasteiger partial charge in [0.15, 0.2) is 0 Å². The summed E-state index contributed by atoms with van der Waals surface area (Å²) >= 11 is 0. The highest BCUT2D eigenvalue weighted by Gasteiger charge is 2.28. The van der Waals surface area contributed by atoms with Crippen molar-refractivity contribution < 1.29 is 0 Å². The lowest BCUT2D eigenvalue weighted by Gasteiger charge is -2.24. The van der Waals surface area contributed by atoms with E-state index in [0.717, 1.165) is 6.04 Å². The highest BCUT2D eigenvalue weighted by atomic mass is 15.2. The first kappa shape index (κ1) is 13.4. The van der Waals surface area contributed by atoms with Gasteiger partial charge in [0, 0.05) is 12.6 Å². The fourth-order valence-corrected chi connectivity index (χ4v) is 3.33. The zero-order valence-corrected chi connectivity index (χ0v) is 11.8. The molecular formula is C15H30N2. The minimum absolute atomic E-state index is 0.566. The van der Waals surface area contributed by atoms with Gasteiger partial charge in [0.1, 0.15) is 0 Å². The summed E-state index contributed by atoms with van der Waals surface area (Å²) in [7, 11) is 0. The van der Waals surface area contributed by atoms with Gasteiger partial charge in [-0.25, -0.2) is 0 Å². The van der Waals surface area contributed by atoms with Gasteiger partial charge in [-0.1, -0.05) is 33.1 Å². The van der Waals surface area contributed by atoms with Crippen LogP contribution in [0.5, 0.6) is 0 Å². The van der Waals surface area contributed by atoms with Gasteiger partial charge in [-0.05, 0) is 50.7 Å². The summed E-state index contributed by atoms with van der Waals surface area (Å²) in [5, 5.41) is 3.74. The minimum atomic E-state index is 0.566. The van der Waals surface area contributed by atoms with Crippen molar-refractivity contribution in [3.8, 4) is 0 Å². The molecule has 0 atom stereocenters. The monoisotopic (exact) mass is 238 g/mol. The number of hydrogen-bond donors (Lipinski definition) is 1. The molecule has 100 valence electrons. The standard InChI is InChI=1S/C15H30N2/c1-15(2)9-12-17(13-15)11-6-10-16-14-7-4-3-5-8-14/h14,16H,3-13H2,1-2H3. The van der Waals surface area contributed by atoms with Crippen LogP contribution in [0, 0.1) is 5.41 Å². The third-order valence-corrected chi connectivity index (χ3v) is 4.45. The Morgan fingerprint density at radius 1 is 1.18 bits per heavy atom. The topological polar surface area (TPSA) is 15.3 Å². The third kappa shape index (κ3) is 4.59. The van der Waals surface area contributed by atoms with E-state index in [-0.39, 0.29) is 0 Å². The second-order valence-corrected chi connectivity index (χ2v) is 6.83. The van der Waals surface area contributed by atoms with E-state index in [1.165, 1.54) is 71.1 Å². The van der Waals surface area contributed by atoms with Crippen molar-refractivity contribution in [2.24, 2.45) is 5.41 Å². The maximum Gasteiger partial charge on any atom is 0.00670 e. The predicted molar refractivity (Wildman–Crippen MR) is 74.3 cm³/mol. The van der Waals surface area contributed by atoms with Gasteiger partial charge in [0.2, 0.25) is 0 Å². The minimum Gasteiger partial charge on any atom is -0.314 e. The van der Waals surface area contributed by atoms with Crippen molar-refractivity contribution in [1.29, 1.82) is 0 Å². The summed E-state index contributed by atoms with van der Waals surface area (Å²) in [6.07, 6.45) is 9.88. The second kappa shape index (κ2) is 6.19. The normalized spacial score (nSPS) is 26.5. The summed E-state index contributed by atoms with van der Waals surface area (Å²) in [6, 6.07) is 0.832. The Kier molecular flexibility index (Phi) is 4.87. The molecule has 0 radical (unpaired) electrons. The van der Waals surface area contributed by atoms with Crippen LogP contribution < -0.4 is 5.32 Å². The van der Waals surface area contributed by atoms with Crippen LogP contribution in [-0.4, -0.2) is 37.1 Å². The van der Waals surface area contributed by atoms with Gasteiger partial charge in [-0.2, -0.15) is 0 Å². The molecule has 0 bridgehead atoms. The number of likely N-dealkylation sites (tertiary alicyclic amines) is 1. The van der Waals surface area contributed by atoms with Gasteiger partial charge in [-0.3, -0.25) is 0 Å². The summed E-state index contributed by atoms with van der Waals surface area (Å²) < 4.78 is 0. The highest BCUT2D eigenvalue weighted by molar-refractivity contribution is 4.82. The fourth-order valence-electron chi connectivity index (χ4n) is 3.33. The average molecular weight is 238 g/mol. The first-order chi connectivity index (χ1) is 8.16. The van der Waals surface area contributed by atoms with E-state index >= 15 is 0 Å². The van der Waals surface area contributed by atoms with Gasteiger partial charge in [0.25, 0.3) is 0 Å². The summed E-state index contributed by atoms with van der Waals surface area (Å²) in [5.41, 5.74) is 0.566. The van der Waals surface area contributed by atoms with E-state index in [9.17, 15) is 0 Å². The molecule has 2 rings (SSSR count). The summed E-state index contributed by atoms with van der Waals surface area (Å²) in [5.74, 6) is 0. The molecule has 1 heterocycles. The summed E-state index contributed by atoms with van der Waals surface area (Å²) in [6.45, 7) is 9.93. The molecule has 17 heavy (non-hydrogen) atoms. The molecule has 0 aromatic heterocycles. The zero-order valence-electron chi connectivity index (χ0n) is 11.8. The molecule has 1 N–H and O–H groups in total. The van der Waals surface area contributed by atoms with Crippen LogP contribution >= 0.6 is 0 Å². The van der Waals surface area contributed by atoms with Crippen LogP contribution in [0.3, 0.4) is 0 Å². The Bertz CT molecular complexity index is 219. The Balaban J connectivity index is 1.51. The van der Waals surface area contributed by atoms with E-state index in [2.05, 4.69) is 24.1 Å². The van der Waals surface area contributed by atoms with E-state index in [4.69, 9.17) is 0 Å². The second-order valence-electron chi connectivity index (χ2n) is 6.83. The fraction of sp³-hybridized carbons (Fsp3) is 1.00. The van der Waals surface area contributed by atoms with Gasteiger partial charge >= 0.3 is 0 Å². The average Bonchev–Trinajstić information content (AvgIpc) is 2.66. The Hall–Kier alpha value is -0.0800. The first-order valence-electron chi connectivity index (χ1n) is 7.61. The molecule has 1 aliphatic heterocycles. The molecule has 0 aromatic carbocycles. The largest absolute Gasteiger partial charge is 0.314 e. The molecule has 0 spiro atoms. The molecule has 2 nitrogen and oxygen atoms in total. The van der Waals surface area contributed by atoms with Gasteiger partial charge < -0.3 is 10.2 Å². The third-order valence-electron chi connectivity index (χ3n) is 4.45. The Morgan fingerprint density at radius 3 is 2.59 bits per heavy atom. The molecule has 0 unspecified atom stereocenters. The lowest BCUT2D eigenvalue weighted by Crippen LogP contribution is -2.33. The maximum absolute atomic E-state index is 3.74. The molecule has 0 amide bonds. The van der Waals surface area contributed by atoms with Crippen LogP contribution in [0.1, 0.15) is 58.8 Å². The molecule has 1 aliphatic carbocycles. The van der Waals surface area contributed by atoms with Crippen molar-refractivity contribution in [2.75, 3.05) is 26.2 Å². The van der Waals surface area contributed by atoms with Crippen LogP contribution in [0.2, 0.25) is 0 Å². The van der Waals surface area contributed by atoms with E-state index in [0.29, 0.717) is 5.41 Å². The lowest BCUT2D eigenvalue weighted by atomic mass is 9.93. The molecular weight excluding hydrogens is 208 g/mol. The number of hydrogen-bond acceptors (Lipinski definition) is 2. The zero-order chi connectivity index (χ0) is 12.1. The SMILES string of the molecule is CC1(C)CCN(CCCNC2CCCCC2)C1. The molecule has 2 aliphatic rings.